The lowest BCUT2D eigenvalue weighted by Gasteiger charge is -2.31. The molecule has 4 heteroatoms. The molecule has 0 aromatic carbocycles. The second-order valence-corrected chi connectivity index (χ2v) is 6.13. The third-order valence-electron chi connectivity index (χ3n) is 3.49. The Hall–Kier alpha value is -0.610. The van der Waals surface area contributed by atoms with Crippen LogP contribution in [0, 0.1) is 5.92 Å². The predicted molar refractivity (Wildman–Crippen MR) is 78.1 cm³/mol. The van der Waals surface area contributed by atoms with Crippen LogP contribution < -0.4 is 5.32 Å². The molecule has 0 bridgehead atoms. The molecule has 0 radical (unpaired) electrons. The minimum atomic E-state index is 0.205. The molecule has 1 saturated heterocycles. The summed E-state index contributed by atoms with van der Waals surface area (Å²) in [7, 11) is 0. The monoisotopic (exact) mass is 270 g/mol. The van der Waals surface area contributed by atoms with Gasteiger partial charge in [0.15, 0.2) is 0 Å². The number of likely N-dealkylation sites (tertiary alicyclic amines) is 1. The number of hydrogen-bond acceptors (Lipinski definition) is 3. The van der Waals surface area contributed by atoms with Gasteiger partial charge in [0, 0.05) is 19.0 Å². The highest BCUT2D eigenvalue weighted by Gasteiger charge is 2.21. The van der Waals surface area contributed by atoms with Crippen molar-refractivity contribution in [2.45, 2.75) is 59.1 Å². The van der Waals surface area contributed by atoms with Gasteiger partial charge < -0.3 is 15.0 Å². The number of nitrogens with zero attached hydrogens (tertiary/aromatic N) is 1. The largest absolute Gasteiger partial charge is 0.377 e. The van der Waals surface area contributed by atoms with Crippen molar-refractivity contribution in [3.8, 4) is 0 Å². The van der Waals surface area contributed by atoms with Gasteiger partial charge >= 0.3 is 0 Å². The number of carbonyl (C=O) groups excluding carboxylic acids is 1. The molecule has 1 amide bonds. The zero-order valence-corrected chi connectivity index (χ0v) is 12.9. The molecule has 4 nitrogen and oxygen atoms in total. The first kappa shape index (κ1) is 16.4. The SMILES string of the molecule is CC(C)NC(=O)CC1CCN(CCOC(C)C)CC1. The van der Waals surface area contributed by atoms with E-state index in [1.807, 2.05) is 13.8 Å². The Kier molecular flexibility index (Phi) is 7.39. The van der Waals surface area contributed by atoms with Crippen molar-refractivity contribution in [2.75, 3.05) is 26.2 Å². The van der Waals surface area contributed by atoms with E-state index in [9.17, 15) is 4.79 Å². The van der Waals surface area contributed by atoms with Gasteiger partial charge in [-0.05, 0) is 59.5 Å². The standard InChI is InChI=1S/C15H30N2O2/c1-12(2)16-15(18)11-14-5-7-17(8-6-14)9-10-19-13(3)4/h12-14H,5-11H2,1-4H3,(H,16,18). The molecule has 0 unspecified atom stereocenters. The zero-order chi connectivity index (χ0) is 14.3. The maximum absolute atomic E-state index is 11.7. The molecule has 1 aliphatic heterocycles. The maximum atomic E-state index is 11.7. The van der Waals surface area contributed by atoms with E-state index >= 15 is 0 Å². The van der Waals surface area contributed by atoms with Crippen molar-refractivity contribution in [3.63, 3.8) is 0 Å². The molecule has 0 saturated carbocycles. The Balaban J connectivity index is 2.13. The van der Waals surface area contributed by atoms with E-state index in [0.29, 0.717) is 18.4 Å². The number of piperidine rings is 1. The number of ether oxygens (including phenoxy) is 1. The minimum Gasteiger partial charge on any atom is -0.377 e. The topological polar surface area (TPSA) is 41.6 Å². The molecule has 1 heterocycles. The molecule has 0 aromatic rings. The van der Waals surface area contributed by atoms with E-state index in [2.05, 4.69) is 24.1 Å². The Labute approximate surface area is 117 Å². The highest BCUT2D eigenvalue weighted by Crippen LogP contribution is 2.20. The molecule has 0 atom stereocenters. The summed E-state index contributed by atoms with van der Waals surface area (Å²) in [4.78, 5) is 14.1. The van der Waals surface area contributed by atoms with Gasteiger partial charge in [0.1, 0.15) is 0 Å². The van der Waals surface area contributed by atoms with Gasteiger partial charge in [0.05, 0.1) is 12.7 Å². The first-order chi connectivity index (χ1) is 8.97. The number of hydrogen-bond donors (Lipinski definition) is 1. The molecular formula is C15H30N2O2. The van der Waals surface area contributed by atoms with Crippen molar-refractivity contribution in [1.29, 1.82) is 0 Å². The Morgan fingerprint density at radius 3 is 2.42 bits per heavy atom. The van der Waals surface area contributed by atoms with Crippen LogP contribution in [-0.4, -0.2) is 49.2 Å². The molecule has 0 aliphatic carbocycles. The lowest BCUT2D eigenvalue weighted by atomic mass is 9.93. The van der Waals surface area contributed by atoms with Crippen LogP contribution in [0.2, 0.25) is 0 Å². The molecule has 112 valence electrons. The molecule has 0 spiro atoms. The first-order valence-corrected chi connectivity index (χ1v) is 7.60. The number of rotatable bonds is 7. The molecule has 1 aliphatic rings. The van der Waals surface area contributed by atoms with Crippen molar-refractivity contribution in [3.05, 3.63) is 0 Å². The van der Waals surface area contributed by atoms with Crippen LogP contribution in [0.15, 0.2) is 0 Å². The lowest BCUT2D eigenvalue weighted by molar-refractivity contribution is -0.122. The van der Waals surface area contributed by atoms with Crippen LogP contribution in [0.5, 0.6) is 0 Å². The van der Waals surface area contributed by atoms with Crippen molar-refractivity contribution < 1.29 is 9.53 Å². The van der Waals surface area contributed by atoms with Crippen LogP contribution in [0.3, 0.4) is 0 Å². The number of carbonyl (C=O) groups is 1. The van der Waals surface area contributed by atoms with Gasteiger partial charge in [0.2, 0.25) is 5.91 Å². The maximum Gasteiger partial charge on any atom is 0.220 e. The van der Waals surface area contributed by atoms with Crippen LogP contribution in [-0.2, 0) is 9.53 Å². The van der Waals surface area contributed by atoms with Gasteiger partial charge in [-0.1, -0.05) is 0 Å². The van der Waals surface area contributed by atoms with Crippen LogP contribution in [0.4, 0.5) is 0 Å². The van der Waals surface area contributed by atoms with Crippen molar-refractivity contribution in [1.82, 2.24) is 10.2 Å². The summed E-state index contributed by atoms with van der Waals surface area (Å²) >= 11 is 0. The van der Waals surface area contributed by atoms with Gasteiger partial charge in [0.25, 0.3) is 0 Å². The summed E-state index contributed by atoms with van der Waals surface area (Å²) < 4.78 is 5.57. The van der Waals surface area contributed by atoms with Crippen LogP contribution >= 0.6 is 0 Å². The number of amides is 1. The fourth-order valence-electron chi connectivity index (χ4n) is 2.47. The Bertz CT molecular complexity index is 259. The van der Waals surface area contributed by atoms with E-state index in [1.54, 1.807) is 0 Å². The van der Waals surface area contributed by atoms with Crippen LogP contribution in [0.1, 0.15) is 47.0 Å². The molecule has 19 heavy (non-hydrogen) atoms. The summed E-state index contributed by atoms with van der Waals surface area (Å²) in [5, 5.41) is 2.98. The third kappa shape index (κ3) is 7.53. The lowest BCUT2D eigenvalue weighted by Crippen LogP contribution is -2.38. The molecule has 1 rings (SSSR count). The molecule has 1 fully saturated rings. The average molecular weight is 270 g/mol. The summed E-state index contributed by atoms with van der Waals surface area (Å²) in [5.41, 5.74) is 0. The molecule has 0 aromatic heterocycles. The summed E-state index contributed by atoms with van der Waals surface area (Å²) in [6, 6.07) is 0.251. The highest BCUT2D eigenvalue weighted by molar-refractivity contribution is 5.76. The van der Waals surface area contributed by atoms with E-state index in [-0.39, 0.29) is 11.9 Å². The van der Waals surface area contributed by atoms with E-state index in [0.717, 1.165) is 39.1 Å². The normalized spacial score (nSPS) is 18.2. The summed E-state index contributed by atoms with van der Waals surface area (Å²) in [6.07, 6.45) is 3.27. The van der Waals surface area contributed by atoms with Crippen molar-refractivity contribution in [2.24, 2.45) is 5.92 Å². The van der Waals surface area contributed by atoms with Gasteiger partial charge in [-0.3, -0.25) is 4.79 Å². The second-order valence-electron chi connectivity index (χ2n) is 6.13. The average Bonchev–Trinajstić information content (AvgIpc) is 2.29. The summed E-state index contributed by atoms with van der Waals surface area (Å²) in [6.45, 7) is 12.2. The van der Waals surface area contributed by atoms with Gasteiger partial charge in [-0.15, -0.1) is 0 Å². The van der Waals surface area contributed by atoms with E-state index < -0.39 is 0 Å². The zero-order valence-electron chi connectivity index (χ0n) is 12.9. The quantitative estimate of drug-likeness (QED) is 0.770. The first-order valence-electron chi connectivity index (χ1n) is 7.60. The van der Waals surface area contributed by atoms with Gasteiger partial charge in [-0.2, -0.15) is 0 Å². The second kappa shape index (κ2) is 8.54. The van der Waals surface area contributed by atoms with E-state index in [4.69, 9.17) is 4.74 Å². The summed E-state index contributed by atoms with van der Waals surface area (Å²) in [5.74, 6) is 0.762. The Morgan fingerprint density at radius 1 is 1.26 bits per heavy atom. The van der Waals surface area contributed by atoms with Crippen molar-refractivity contribution >= 4 is 5.91 Å². The highest BCUT2D eigenvalue weighted by atomic mass is 16.5. The smallest absolute Gasteiger partial charge is 0.220 e. The predicted octanol–water partition coefficient (Wildman–Crippen LogP) is 2.04. The third-order valence-corrected chi connectivity index (χ3v) is 3.49. The molecule has 1 N–H and O–H groups in total. The molecular weight excluding hydrogens is 240 g/mol. The fourth-order valence-corrected chi connectivity index (χ4v) is 2.47. The van der Waals surface area contributed by atoms with Crippen LogP contribution in [0.25, 0.3) is 0 Å². The number of nitrogens with one attached hydrogen (secondary N) is 1. The minimum absolute atomic E-state index is 0.205. The Morgan fingerprint density at radius 2 is 1.89 bits per heavy atom. The van der Waals surface area contributed by atoms with Gasteiger partial charge in [-0.25, -0.2) is 0 Å². The van der Waals surface area contributed by atoms with E-state index in [1.165, 1.54) is 0 Å². The fraction of sp³-hybridized carbons (Fsp3) is 0.933.